The van der Waals surface area contributed by atoms with Crippen molar-refractivity contribution in [1.82, 2.24) is 14.7 Å². The monoisotopic (exact) mass is 452 g/mol. The van der Waals surface area contributed by atoms with Crippen LogP contribution in [0, 0.1) is 12.7 Å². The number of nitrogens with zero attached hydrogens (tertiary/aromatic N) is 3. The third kappa shape index (κ3) is 5.77. The topological polar surface area (TPSA) is 76.5 Å². The highest BCUT2D eigenvalue weighted by Crippen LogP contribution is 2.22. The quantitative estimate of drug-likeness (QED) is 0.549. The van der Waals surface area contributed by atoms with Crippen LogP contribution in [0.2, 0.25) is 0 Å². The standard InChI is InChI=1S/C25H29FN4O3/c1-6-29(24(32)33-25(3,4)5)16-18-11-7-9-13-21(18)28-23(31)19-15-27-30(17(19)2)22-14-10-8-12-20(22)26/h7-15H,6,16H2,1-5H3,(H,28,31). The number of nitrogens with one attached hydrogen (secondary N) is 1. The van der Waals surface area contributed by atoms with Crippen LogP contribution >= 0.6 is 0 Å². The van der Waals surface area contributed by atoms with Crippen molar-refractivity contribution in [3.05, 3.63) is 77.4 Å². The molecule has 8 heteroatoms. The molecule has 1 heterocycles. The fourth-order valence-electron chi connectivity index (χ4n) is 3.31. The smallest absolute Gasteiger partial charge is 0.410 e. The Bertz CT molecular complexity index is 1150. The highest BCUT2D eigenvalue weighted by atomic mass is 19.1. The fourth-order valence-corrected chi connectivity index (χ4v) is 3.31. The molecule has 2 amide bonds. The number of hydrogen-bond acceptors (Lipinski definition) is 4. The Hall–Kier alpha value is -3.68. The number of ether oxygens (including phenoxy) is 1. The molecule has 174 valence electrons. The number of hydrogen-bond donors (Lipinski definition) is 1. The van der Waals surface area contributed by atoms with Crippen molar-refractivity contribution in [2.24, 2.45) is 0 Å². The average Bonchev–Trinajstić information content (AvgIpc) is 3.13. The molecule has 0 aliphatic rings. The van der Waals surface area contributed by atoms with Gasteiger partial charge in [-0.05, 0) is 58.4 Å². The normalized spacial score (nSPS) is 11.2. The fraction of sp³-hybridized carbons (Fsp3) is 0.320. The van der Waals surface area contributed by atoms with Crippen LogP contribution < -0.4 is 5.32 Å². The number of amides is 2. The lowest BCUT2D eigenvalue weighted by Crippen LogP contribution is -2.36. The van der Waals surface area contributed by atoms with Crippen LogP contribution in [0.15, 0.2) is 54.7 Å². The molecule has 0 saturated heterocycles. The van der Waals surface area contributed by atoms with E-state index >= 15 is 0 Å². The molecule has 2 aromatic carbocycles. The number of para-hydroxylation sites is 2. The van der Waals surface area contributed by atoms with Crippen molar-refractivity contribution in [1.29, 1.82) is 0 Å². The number of anilines is 1. The highest BCUT2D eigenvalue weighted by molar-refractivity contribution is 6.05. The van der Waals surface area contributed by atoms with Gasteiger partial charge in [-0.1, -0.05) is 30.3 Å². The van der Waals surface area contributed by atoms with E-state index in [1.807, 2.05) is 39.8 Å². The number of aromatic nitrogens is 2. The van der Waals surface area contributed by atoms with E-state index in [2.05, 4.69) is 10.4 Å². The van der Waals surface area contributed by atoms with Crippen LogP contribution in [0.1, 0.15) is 49.3 Å². The Labute approximate surface area is 193 Å². The minimum absolute atomic E-state index is 0.269. The van der Waals surface area contributed by atoms with Crippen LogP contribution in [0.25, 0.3) is 5.69 Å². The molecule has 0 unspecified atom stereocenters. The maximum Gasteiger partial charge on any atom is 0.410 e. The molecule has 0 aliphatic heterocycles. The lowest BCUT2D eigenvalue weighted by molar-refractivity contribution is 0.0245. The average molecular weight is 453 g/mol. The first-order chi connectivity index (χ1) is 15.6. The van der Waals surface area contributed by atoms with Gasteiger partial charge in [-0.3, -0.25) is 4.79 Å². The predicted molar refractivity (Wildman–Crippen MR) is 125 cm³/mol. The SMILES string of the molecule is CCN(Cc1ccccc1NC(=O)c1cnn(-c2ccccc2F)c1C)C(=O)OC(C)(C)C. The van der Waals surface area contributed by atoms with Crippen molar-refractivity contribution in [3.63, 3.8) is 0 Å². The molecule has 1 N–H and O–H groups in total. The summed E-state index contributed by atoms with van der Waals surface area (Å²) in [6.45, 7) is 9.75. The number of benzene rings is 2. The molecule has 0 bridgehead atoms. The largest absolute Gasteiger partial charge is 0.444 e. The van der Waals surface area contributed by atoms with Gasteiger partial charge < -0.3 is 15.0 Å². The van der Waals surface area contributed by atoms with Gasteiger partial charge in [-0.15, -0.1) is 0 Å². The second-order valence-corrected chi connectivity index (χ2v) is 8.61. The first-order valence-electron chi connectivity index (χ1n) is 10.8. The third-order valence-corrected chi connectivity index (χ3v) is 5.00. The van der Waals surface area contributed by atoms with E-state index in [1.165, 1.54) is 16.9 Å². The van der Waals surface area contributed by atoms with Gasteiger partial charge in [0.1, 0.15) is 17.1 Å². The van der Waals surface area contributed by atoms with Gasteiger partial charge >= 0.3 is 6.09 Å². The Morgan fingerprint density at radius 1 is 1.12 bits per heavy atom. The Kier molecular flexibility index (Phi) is 7.16. The Morgan fingerprint density at radius 2 is 1.79 bits per heavy atom. The second-order valence-electron chi connectivity index (χ2n) is 8.61. The molecule has 33 heavy (non-hydrogen) atoms. The summed E-state index contributed by atoms with van der Waals surface area (Å²) >= 11 is 0. The van der Waals surface area contributed by atoms with E-state index in [1.54, 1.807) is 42.2 Å². The zero-order valence-electron chi connectivity index (χ0n) is 19.6. The molecular formula is C25H29FN4O3. The Balaban J connectivity index is 1.81. The van der Waals surface area contributed by atoms with Crippen molar-refractivity contribution >= 4 is 17.7 Å². The van der Waals surface area contributed by atoms with E-state index < -0.39 is 17.5 Å². The van der Waals surface area contributed by atoms with Gasteiger partial charge in [0.2, 0.25) is 0 Å². The molecule has 0 spiro atoms. The van der Waals surface area contributed by atoms with Crippen LogP contribution in [-0.2, 0) is 11.3 Å². The molecule has 3 rings (SSSR count). The van der Waals surface area contributed by atoms with Crippen LogP contribution in [0.5, 0.6) is 0 Å². The number of carbonyl (C=O) groups is 2. The maximum absolute atomic E-state index is 14.2. The second kappa shape index (κ2) is 9.85. The van der Waals surface area contributed by atoms with Gasteiger partial charge in [0, 0.05) is 12.2 Å². The summed E-state index contributed by atoms with van der Waals surface area (Å²) in [5.74, 6) is -0.800. The summed E-state index contributed by atoms with van der Waals surface area (Å²) in [6.07, 6.45) is 0.992. The van der Waals surface area contributed by atoms with Crippen molar-refractivity contribution in [2.75, 3.05) is 11.9 Å². The minimum atomic E-state index is -0.603. The van der Waals surface area contributed by atoms with Gasteiger partial charge in [0.15, 0.2) is 0 Å². The molecular weight excluding hydrogens is 423 g/mol. The van der Waals surface area contributed by atoms with Gasteiger partial charge in [-0.25, -0.2) is 13.9 Å². The highest BCUT2D eigenvalue weighted by Gasteiger charge is 2.23. The first kappa shape index (κ1) is 24.0. The predicted octanol–water partition coefficient (Wildman–Crippen LogP) is 5.33. The van der Waals surface area contributed by atoms with Crippen molar-refractivity contribution in [3.8, 4) is 5.69 Å². The zero-order chi connectivity index (χ0) is 24.2. The van der Waals surface area contributed by atoms with E-state index in [-0.39, 0.29) is 18.1 Å². The van der Waals surface area contributed by atoms with Crippen LogP contribution in [-0.4, -0.2) is 38.8 Å². The third-order valence-electron chi connectivity index (χ3n) is 5.00. The van der Waals surface area contributed by atoms with E-state index in [9.17, 15) is 14.0 Å². The summed E-state index contributed by atoms with van der Waals surface area (Å²) in [4.78, 5) is 27.1. The lowest BCUT2D eigenvalue weighted by Gasteiger charge is -2.27. The summed E-state index contributed by atoms with van der Waals surface area (Å²) in [5.41, 5.74) is 1.84. The van der Waals surface area contributed by atoms with Gasteiger partial charge in [0.25, 0.3) is 5.91 Å². The number of carbonyl (C=O) groups excluding carboxylic acids is 2. The molecule has 1 aromatic heterocycles. The first-order valence-corrected chi connectivity index (χ1v) is 10.8. The minimum Gasteiger partial charge on any atom is -0.444 e. The number of rotatable bonds is 6. The molecule has 0 aliphatic carbocycles. The molecule has 0 saturated carbocycles. The summed E-state index contributed by atoms with van der Waals surface area (Å²) in [5, 5.41) is 7.10. The van der Waals surface area contributed by atoms with Crippen LogP contribution in [0.4, 0.5) is 14.9 Å². The van der Waals surface area contributed by atoms with Gasteiger partial charge in [0.05, 0.1) is 24.0 Å². The molecule has 3 aromatic rings. The Morgan fingerprint density at radius 3 is 2.45 bits per heavy atom. The molecule has 0 fully saturated rings. The zero-order valence-corrected chi connectivity index (χ0v) is 19.6. The summed E-state index contributed by atoms with van der Waals surface area (Å²) in [7, 11) is 0. The number of halogens is 1. The van der Waals surface area contributed by atoms with Crippen molar-refractivity contribution in [2.45, 2.75) is 46.8 Å². The maximum atomic E-state index is 14.2. The molecule has 7 nitrogen and oxygen atoms in total. The summed E-state index contributed by atoms with van der Waals surface area (Å²) in [6, 6.07) is 13.5. The summed E-state index contributed by atoms with van der Waals surface area (Å²) < 4.78 is 21.1. The lowest BCUT2D eigenvalue weighted by atomic mass is 10.1. The molecule has 0 atom stereocenters. The van der Waals surface area contributed by atoms with E-state index in [0.29, 0.717) is 23.5 Å². The van der Waals surface area contributed by atoms with Gasteiger partial charge in [-0.2, -0.15) is 5.10 Å². The van der Waals surface area contributed by atoms with E-state index in [4.69, 9.17) is 4.74 Å². The van der Waals surface area contributed by atoms with E-state index in [0.717, 1.165) is 5.56 Å². The molecule has 0 radical (unpaired) electrons. The van der Waals surface area contributed by atoms with Crippen molar-refractivity contribution < 1.29 is 18.7 Å². The van der Waals surface area contributed by atoms with Crippen LogP contribution in [0.3, 0.4) is 0 Å².